The molecule has 23 heavy (non-hydrogen) atoms. The van der Waals surface area contributed by atoms with Crippen molar-refractivity contribution in [2.75, 3.05) is 30.9 Å². The lowest BCUT2D eigenvalue weighted by atomic mass is 10.2. The van der Waals surface area contributed by atoms with E-state index in [1.54, 1.807) is 23.6 Å². The summed E-state index contributed by atoms with van der Waals surface area (Å²) in [5.41, 5.74) is 2.13. The van der Waals surface area contributed by atoms with Gasteiger partial charge in [0.25, 0.3) is 5.91 Å². The Labute approximate surface area is 144 Å². The van der Waals surface area contributed by atoms with Crippen LogP contribution in [0, 0.1) is 0 Å². The first-order chi connectivity index (χ1) is 11.0. The minimum absolute atomic E-state index is 0.171. The Morgan fingerprint density at radius 1 is 1.26 bits per heavy atom. The van der Waals surface area contributed by atoms with Crippen LogP contribution in [0.3, 0.4) is 0 Å². The van der Waals surface area contributed by atoms with Gasteiger partial charge in [-0.15, -0.1) is 0 Å². The van der Waals surface area contributed by atoms with E-state index in [0.717, 1.165) is 5.69 Å². The second kappa shape index (κ2) is 7.99. The van der Waals surface area contributed by atoms with E-state index in [2.05, 4.69) is 10.6 Å². The molecule has 0 fully saturated rings. The van der Waals surface area contributed by atoms with Gasteiger partial charge in [-0.25, -0.2) is 0 Å². The summed E-state index contributed by atoms with van der Waals surface area (Å²) in [4.78, 5) is 25.7. The molecule has 2 aromatic rings. The van der Waals surface area contributed by atoms with Crippen molar-refractivity contribution in [3.63, 3.8) is 0 Å². The van der Waals surface area contributed by atoms with Gasteiger partial charge >= 0.3 is 0 Å². The molecule has 0 radical (unpaired) electrons. The van der Waals surface area contributed by atoms with Crippen LogP contribution >= 0.6 is 22.9 Å². The molecule has 2 rings (SSSR count). The van der Waals surface area contributed by atoms with Crippen LogP contribution in [0.5, 0.6) is 0 Å². The molecule has 0 aliphatic rings. The maximum Gasteiger partial charge on any atom is 0.252 e. The average molecular weight is 352 g/mol. The molecule has 1 heterocycles. The van der Waals surface area contributed by atoms with Gasteiger partial charge in [0.15, 0.2) is 0 Å². The molecule has 7 heteroatoms. The number of rotatable bonds is 6. The highest BCUT2D eigenvalue weighted by atomic mass is 35.5. The summed E-state index contributed by atoms with van der Waals surface area (Å²) in [6, 6.07) is 7.07. The first-order valence-electron chi connectivity index (χ1n) is 7.04. The van der Waals surface area contributed by atoms with Crippen LogP contribution in [-0.2, 0) is 4.79 Å². The van der Waals surface area contributed by atoms with Gasteiger partial charge in [0, 0.05) is 43.0 Å². The SMILES string of the molecule is CN(C)c1ccc(Cl)cc1NC(=O)CCNC(=O)c1ccsc1. The highest BCUT2D eigenvalue weighted by molar-refractivity contribution is 7.08. The molecule has 1 aromatic heterocycles. The number of carbonyl (C=O) groups is 2. The Morgan fingerprint density at radius 2 is 2.04 bits per heavy atom. The minimum atomic E-state index is -0.180. The molecule has 0 spiro atoms. The highest BCUT2D eigenvalue weighted by Gasteiger charge is 2.10. The van der Waals surface area contributed by atoms with E-state index in [1.165, 1.54) is 11.3 Å². The summed E-state index contributed by atoms with van der Waals surface area (Å²) in [6.45, 7) is 0.276. The van der Waals surface area contributed by atoms with E-state index in [0.29, 0.717) is 16.3 Å². The molecular formula is C16H18ClN3O2S. The predicted octanol–water partition coefficient (Wildman–Crippen LogP) is 3.23. The first kappa shape index (κ1) is 17.3. The quantitative estimate of drug-likeness (QED) is 0.840. The van der Waals surface area contributed by atoms with Crippen molar-refractivity contribution in [2.45, 2.75) is 6.42 Å². The summed E-state index contributed by atoms with van der Waals surface area (Å²) >= 11 is 7.44. The molecule has 0 atom stereocenters. The van der Waals surface area contributed by atoms with Crippen molar-refractivity contribution in [3.05, 3.63) is 45.6 Å². The summed E-state index contributed by atoms with van der Waals surface area (Å²) in [5.74, 6) is -0.350. The lowest BCUT2D eigenvalue weighted by Crippen LogP contribution is -2.27. The fourth-order valence-electron chi connectivity index (χ4n) is 2.00. The van der Waals surface area contributed by atoms with Crippen LogP contribution in [0.2, 0.25) is 5.02 Å². The number of thiophene rings is 1. The third-order valence-corrected chi connectivity index (χ3v) is 4.05. The molecule has 122 valence electrons. The third-order valence-electron chi connectivity index (χ3n) is 3.14. The fraction of sp³-hybridized carbons (Fsp3) is 0.250. The van der Waals surface area contributed by atoms with Gasteiger partial charge < -0.3 is 15.5 Å². The van der Waals surface area contributed by atoms with Crippen LogP contribution in [0.15, 0.2) is 35.0 Å². The molecule has 0 saturated heterocycles. The smallest absolute Gasteiger partial charge is 0.252 e. The number of nitrogens with one attached hydrogen (secondary N) is 2. The number of benzene rings is 1. The van der Waals surface area contributed by atoms with Gasteiger partial charge in [0.1, 0.15) is 0 Å². The Bertz CT molecular complexity index is 687. The number of carbonyl (C=O) groups excluding carboxylic acids is 2. The molecule has 0 aliphatic heterocycles. The normalized spacial score (nSPS) is 10.2. The van der Waals surface area contributed by atoms with Gasteiger partial charge in [-0.1, -0.05) is 11.6 Å². The molecule has 2 N–H and O–H groups in total. The van der Waals surface area contributed by atoms with Crippen molar-refractivity contribution < 1.29 is 9.59 Å². The average Bonchev–Trinajstić information content (AvgIpc) is 3.01. The number of hydrogen-bond donors (Lipinski definition) is 2. The van der Waals surface area contributed by atoms with Gasteiger partial charge in [0.2, 0.25) is 5.91 Å². The Morgan fingerprint density at radius 3 is 2.70 bits per heavy atom. The molecule has 1 aromatic carbocycles. The third kappa shape index (κ3) is 4.97. The maximum atomic E-state index is 12.0. The van der Waals surface area contributed by atoms with E-state index < -0.39 is 0 Å². The second-order valence-electron chi connectivity index (χ2n) is 5.12. The van der Waals surface area contributed by atoms with Gasteiger partial charge in [-0.05, 0) is 29.6 Å². The van der Waals surface area contributed by atoms with Gasteiger partial charge in [-0.2, -0.15) is 11.3 Å². The van der Waals surface area contributed by atoms with E-state index in [9.17, 15) is 9.59 Å². The largest absolute Gasteiger partial charge is 0.376 e. The van der Waals surface area contributed by atoms with Crippen molar-refractivity contribution >= 4 is 46.1 Å². The van der Waals surface area contributed by atoms with E-state index in [-0.39, 0.29) is 24.8 Å². The molecule has 2 amide bonds. The molecular weight excluding hydrogens is 334 g/mol. The lowest BCUT2D eigenvalue weighted by molar-refractivity contribution is -0.116. The monoisotopic (exact) mass is 351 g/mol. The summed E-state index contributed by atoms with van der Waals surface area (Å²) in [6.07, 6.45) is 0.190. The van der Waals surface area contributed by atoms with Crippen LogP contribution < -0.4 is 15.5 Å². The van der Waals surface area contributed by atoms with Crippen LogP contribution in [0.4, 0.5) is 11.4 Å². The summed E-state index contributed by atoms with van der Waals surface area (Å²) in [7, 11) is 3.78. The zero-order valence-electron chi connectivity index (χ0n) is 12.9. The van der Waals surface area contributed by atoms with Crippen molar-refractivity contribution in [3.8, 4) is 0 Å². The Balaban J connectivity index is 1.88. The standard InChI is InChI=1S/C16H18ClN3O2S/c1-20(2)14-4-3-12(17)9-13(14)19-15(21)5-7-18-16(22)11-6-8-23-10-11/h3-4,6,8-10H,5,7H2,1-2H3,(H,18,22)(H,19,21). The van der Waals surface area contributed by atoms with Crippen molar-refractivity contribution in [1.29, 1.82) is 0 Å². The summed E-state index contributed by atoms with van der Waals surface area (Å²) < 4.78 is 0. The topological polar surface area (TPSA) is 61.4 Å². The zero-order chi connectivity index (χ0) is 16.8. The fourth-order valence-corrected chi connectivity index (χ4v) is 2.80. The molecule has 0 aliphatic carbocycles. The second-order valence-corrected chi connectivity index (χ2v) is 6.34. The number of hydrogen-bond acceptors (Lipinski definition) is 4. The lowest BCUT2D eigenvalue weighted by Gasteiger charge is -2.18. The van der Waals surface area contributed by atoms with Crippen molar-refractivity contribution in [1.82, 2.24) is 5.32 Å². The van der Waals surface area contributed by atoms with Crippen LogP contribution in [0.25, 0.3) is 0 Å². The number of halogens is 1. The van der Waals surface area contributed by atoms with Crippen LogP contribution in [-0.4, -0.2) is 32.5 Å². The predicted molar refractivity (Wildman–Crippen MR) is 95.7 cm³/mol. The van der Waals surface area contributed by atoms with E-state index in [4.69, 9.17) is 11.6 Å². The minimum Gasteiger partial charge on any atom is -0.376 e. The van der Waals surface area contributed by atoms with E-state index >= 15 is 0 Å². The van der Waals surface area contributed by atoms with Gasteiger partial charge in [-0.3, -0.25) is 9.59 Å². The number of anilines is 2. The first-order valence-corrected chi connectivity index (χ1v) is 8.36. The highest BCUT2D eigenvalue weighted by Crippen LogP contribution is 2.27. The maximum absolute atomic E-state index is 12.0. The van der Waals surface area contributed by atoms with Gasteiger partial charge in [0.05, 0.1) is 11.4 Å². The number of amides is 2. The molecule has 0 bridgehead atoms. The van der Waals surface area contributed by atoms with Crippen LogP contribution in [0.1, 0.15) is 16.8 Å². The molecule has 0 saturated carbocycles. The Hall–Kier alpha value is -2.05. The van der Waals surface area contributed by atoms with Crippen molar-refractivity contribution in [2.24, 2.45) is 0 Å². The number of nitrogens with zero attached hydrogens (tertiary/aromatic N) is 1. The zero-order valence-corrected chi connectivity index (χ0v) is 14.5. The molecule has 0 unspecified atom stereocenters. The summed E-state index contributed by atoms with van der Waals surface area (Å²) in [5, 5.41) is 9.71. The Kier molecular flexibility index (Phi) is 6.01. The molecule has 5 nitrogen and oxygen atoms in total. The van der Waals surface area contributed by atoms with E-state index in [1.807, 2.05) is 30.4 Å².